The normalized spacial score (nSPS) is 18.4. The quantitative estimate of drug-likeness (QED) is 0.890. The number of nitrogens with zero attached hydrogens (tertiary/aromatic N) is 5. The smallest absolute Gasteiger partial charge is 0.227 e. The lowest BCUT2D eigenvalue weighted by Crippen LogP contribution is -2.48. The van der Waals surface area contributed by atoms with Gasteiger partial charge in [-0.15, -0.1) is 5.10 Å². The van der Waals surface area contributed by atoms with Crippen LogP contribution < -0.4 is 5.73 Å². The number of benzene rings is 1. The van der Waals surface area contributed by atoms with Crippen molar-refractivity contribution < 1.29 is 4.79 Å². The Labute approximate surface area is 129 Å². The van der Waals surface area contributed by atoms with Crippen LogP contribution in [0.1, 0.15) is 24.8 Å². The SMILES string of the molecule is NCC1CCCCN1C(=O)Cc1ccc(-n2cnnn2)cc1. The number of piperidine rings is 1. The molecule has 1 fully saturated rings. The molecule has 1 aromatic carbocycles. The lowest BCUT2D eigenvalue weighted by Gasteiger charge is -2.35. The Kier molecular flexibility index (Phi) is 4.43. The molecule has 116 valence electrons. The van der Waals surface area contributed by atoms with Crippen LogP contribution in [0, 0.1) is 0 Å². The number of aromatic nitrogens is 4. The maximum absolute atomic E-state index is 12.5. The van der Waals surface area contributed by atoms with Crippen LogP contribution in [0.5, 0.6) is 0 Å². The summed E-state index contributed by atoms with van der Waals surface area (Å²) in [5, 5.41) is 11.1. The second-order valence-corrected chi connectivity index (χ2v) is 5.57. The summed E-state index contributed by atoms with van der Waals surface area (Å²) in [6.45, 7) is 1.37. The zero-order valence-electron chi connectivity index (χ0n) is 12.4. The number of rotatable bonds is 4. The molecule has 0 radical (unpaired) electrons. The highest BCUT2D eigenvalue weighted by Gasteiger charge is 2.25. The predicted octanol–water partition coefficient (Wildman–Crippen LogP) is 0.545. The molecular weight excluding hydrogens is 280 g/mol. The Morgan fingerprint density at radius 1 is 1.27 bits per heavy atom. The molecule has 0 spiro atoms. The Bertz CT molecular complexity index is 609. The van der Waals surface area contributed by atoms with Crippen molar-refractivity contribution in [1.82, 2.24) is 25.1 Å². The van der Waals surface area contributed by atoms with Gasteiger partial charge < -0.3 is 10.6 Å². The third-order valence-electron chi connectivity index (χ3n) is 4.12. The van der Waals surface area contributed by atoms with Crippen molar-refractivity contribution in [2.75, 3.05) is 13.1 Å². The van der Waals surface area contributed by atoms with E-state index in [9.17, 15) is 4.79 Å². The fourth-order valence-electron chi connectivity index (χ4n) is 2.90. The number of hydrogen-bond acceptors (Lipinski definition) is 5. The van der Waals surface area contributed by atoms with Crippen molar-refractivity contribution in [2.45, 2.75) is 31.7 Å². The molecule has 22 heavy (non-hydrogen) atoms. The first-order valence-electron chi connectivity index (χ1n) is 7.60. The summed E-state index contributed by atoms with van der Waals surface area (Å²) in [7, 11) is 0. The molecule has 2 aromatic rings. The molecule has 1 saturated heterocycles. The van der Waals surface area contributed by atoms with E-state index in [4.69, 9.17) is 5.73 Å². The number of hydrogen-bond donors (Lipinski definition) is 1. The van der Waals surface area contributed by atoms with Gasteiger partial charge in [0.1, 0.15) is 6.33 Å². The van der Waals surface area contributed by atoms with Gasteiger partial charge in [0.25, 0.3) is 0 Å². The Morgan fingerprint density at radius 2 is 2.09 bits per heavy atom. The minimum absolute atomic E-state index is 0.158. The summed E-state index contributed by atoms with van der Waals surface area (Å²) in [4.78, 5) is 14.4. The Hall–Kier alpha value is -2.28. The summed E-state index contributed by atoms with van der Waals surface area (Å²) in [5.41, 5.74) is 7.65. The molecule has 2 heterocycles. The summed E-state index contributed by atoms with van der Waals surface area (Å²) >= 11 is 0. The molecule has 1 amide bonds. The zero-order chi connectivity index (χ0) is 15.4. The molecule has 1 aliphatic heterocycles. The maximum atomic E-state index is 12.5. The van der Waals surface area contributed by atoms with Gasteiger partial charge in [-0.25, -0.2) is 4.68 Å². The van der Waals surface area contributed by atoms with Crippen LogP contribution in [0.2, 0.25) is 0 Å². The van der Waals surface area contributed by atoms with E-state index in [0.29, 0.717) is 13.0 Å². The molecule has 3 rings (SSSR count). The highest BCUT2D eigenvalue weighted by molar-refractivity contribution is 5.79. The average molecular weight is 300 g/mol. The van der Waals surface area contributed by atoms with Gasteiger partial charge in [0.2, 0.25) is 5.91 Å². The summed E-state index contributed by atoms with van der Waals surface area (Å²) < 4.78 is 1.58. The van der Waals surface area contributed by atoms with Crippen molar-refractivity contribution in [3.63, 3.8) is 0 Å². The summed E-state index contributed by atoms with van der Waals surface area (Å²) in [6.07, 6.45) is 5.19. The van der Waals surface area contributed by atoms with E-state index in [0.717, 1.165) is 37.1 Å². The number of tetrazole rings is 1. The molecule has 1 atom stereocenters. The molecule has 0 saturated carbocycles. The minimum Gasteiger partial charge on any atom is -0.338 e. The fraction of sp³-hybridized carbons (Fsp3) is 0.467. The predicted molar refractivity (Wildman–Crippen MR) is 81.3 cm³/mol. The first kappa shape index (κ1) is 14.6. The number of carbonyl (C=O) groups excluding carboxylic acids is 1. The molecular formula is C15H20N6O. The summed E-state index contributed by atoms with van der Waals surface area (Å²) in [5.74, 6) is 0.158. The van der Waals surface area contributed by atoms with Crippen LogP contribution >= 0.6 is 0 Å². The van der Waals surface area contributed by atoms with Crippen LogP contribution in [0.25, 0.3) is 5.69 Å². The van der Waals surface area contributed by atoms with Gasteiger partial charge in [-0.05, 0) is 47.4 Å². The van der Waals surface area contributed by atoms with E-state index in [1.807, 2.05) is 29.2 Å². The monoisotopic (exact) mass is 300 g/mol. The zero-order valence-corrected chi connectivity index (χ0v) is 12.4. The topological polar surface area (TPSA) is 89.9 Å². The molecule has 1 unspecified atom stereocenters. The van der Waals surface area contributed by atoms with E-state index in [1.54, 1.807) is 11.0 Å². The Morgan fingerprint density at radius 3 is 2.77 bits per heavy atom. The van der Waals surface area contributed by atoms with Gasteiger partial charge in [0.15, 0.2) is 0 Å². The molecule has 7 nitrogen and oxygen atoms in total. The lowest BCUT2D eigenvalue weighted by atomic mass is 10.0. The number of amides is 1. The third kappa shape index (κ3) is 3.14. The summed E-state index contributed by atoms with van der Waals surface area (Å²) in [6, 6.07) is 7.90. The second kappa shape index (κ2) is 6.65. The Balaban J connectivity index is 1.66. The van der Waals surface area contributed by atoms with Gasteiger partial charge in [-0.2, -0.15) is 0 Å². The van der Waals surface area contributed by atoms with Crippen LogP contribution in [0.15, 0.2) is 30.6 Å². The van der Waals surface area contributed by atoms with Gasteiger partial charge in [-0.1, -0.05) is 12.1 Å². The van der Waals surface area contributed by atoms with Gasteiger partial charge in [0.05, 0.1) is 12.1 Å². The van der Waals surface area contributed by atoms with Crippen molar-refractivity contribution in [2.24, 2.45) is 5.73 Å². The van der Waals surface area contributed by atoms with Gasteiger partial charge in [0, 0.05) is 19.1 Å². The highest BCUT2D eigenvalue weighted by Crippen LogP contribution is 2.18. The second-order valence-electron chi connectivity index (χ2n) is 5.57. The largest absolute Gasteiger partial charge is 0.338 e. The van der Waals surface area contributed by atoms with Crippen molar-refractivity contribution in [3.8, 4) is 5.69 Å². The highest BCUT2D eigenvalue weighted by atomic mass is 16.2. The standard InChI is InChI=1S/C15H20N6O/c16-10-14-3-1-2-8-20(14)15(22)9-12-4-6-13(7-5-12)21-11-17-18-19-21/h4-7,11,14H,1-3,8-10,16H2. The van der Waals surface area contributed by atoms with E-state index in [1.165, 1.54) is 0 Å². The number of nitrogens with two attached hydrogens (primary N) is 1. The van der Waals surface area contributed by atoms with Gasteiger partial charge in [-0.3, -0.25) is 4.79 Å². The number of likely N-dealkylation sites (tertiary alicyclic amines) is 1. The first-order chi connectivity index (χ1) is 10.8. The molecule has 2 N–H and O–H groups in total. The average Bonchev–Trinajstić information content (AvgIpc) is 3.10. The molecule has 7 heteroatoms. The third-order valence-corrected chi connectivity index (χ3v) is 4.12. The first-order valence-corrected chi connectivity index (χ1v) is 7.60. The van der Waals surface area contributed by atoms with Crippen molar-refractivity contribution >= 4 is 5.91 Å². The lowest BCUT2D eigenvalue weighted by molar-refractivity contribution is -0.133. The molecule has 1 aromatic heterocycles. The molecule has 0 aliphatic carbocycles. The van der Waals surface area contributed by atoms with E-state index in [-0.39, 0.29) is 11.9 Å². The molecule has 0 bridgehead atoms. The minimum atomic E-state index is 0.158. The fourth-order valence-corrected chi connectivity index (χ4v) is 2.90. The van der Waals surface area contributed by atoms with E-state index < -0.39 is 0 Å². The van der Waals surface area contributed by atoms with Crippen molar-refractivity contribution in [1.29, 1.82) is 0 Å². The maximum Gasteiger partial charge on any atom is 0.227 e. The van der Waals surface area contributed by atoms with Crippen LogP contribution in [-0.4, -0.2) is 50.1 Å². The van der Waals surface area contributed by atoms with Crippen molar-refractivity contribution in [3.05, 3.63) is 36.2 Å². The van der Waals surface area contributed by atoms with E-state index >= 15 is 0 Å². The number of carbonyl (C=O) groups is 1. The van der Waals surface area contributed by atoms with E-state index in [2.05, 4.69) is 15.5 Å². The molecule has 1 aliphatic rings. The van der Waals surface area contributed by atoms with Crippen LogP contribution in [-0.2, 0) is 11.2 Å². The van der Waals surface area contributed by atoms with Gasteiger partial charge >= 0.3 is 0 Å². The van der Waals surface area contributed by atoms with Crippen LogP contribution in [0.4, 0.5) is 0 Å². The van der Waals surface area contributed by atoms with Crippen LogP contribution in [0.3, 0.4) is 0 Å².